The van der Waals surface area contributed by atoms with Crippen molar-refractivity contribution in [1.82, 2.24) is 0 Å². The Balaban J connectivity index is 2.46. The van der Waals surface area contributed by atoms with Gasteiger partial charge in [0.15, 0.2) is 0 Å². The minimum Gasteiger partial charge on any atom is -0.497 e. The van der Waals surface area contributed by atoms with Gasteiger partial charge in [0, 0.05) is 10.8 Å². The van der Waals surface area contributed by atoms with Crippen LogP contribution in [0, 0.1) is 33.5 Å². The number of nitrogens with zero attached hydrogens (tertiary/aromatic N) is 4. The van der Waals surface area contributed by atoms with Crippen LogP contribution in [0.3, 0.4) is 0 Å². The molecular weight excluding hydrogens is 376 g/mol. The molecule has 0 aliphatic heterocycles. The molecule has 0 radical (unpaired) electrons. The standard InChI is InChI=1S/C24H26N4O2/c1-23(2,21(15-25)27-17-7-11-19(29-5)12-8-17)24(3,4)22(16-26)28-18-9-13-20(30-6)14-10-18/h7-14H,1-6H3. The third-order valence-corrected chi connectivity index (χ3v) is 5.58. The Morgan fingerprint density at radius 2 is 0.967 bits per heavy atom. The Labute approximate surface area is 178 Å². The van der Waals surface area contributed by atoms with Crippen LogP contribution in [0.15, 0.2) is 58.5 Å². The molecule has 0 heterocycles. The third kappa shape index (κ3) is 4.67. The fraction of sp³-hybridized carbons (Fsp3) is 0.333. The second-order valence-corrected chi connectivity index (χ2v) is 7.79. The lowest BCUT2D eigenvalue weighted by atomic mass is 9.63. The van der Waals surface area contributed by atoms with Crippen molar-refractivity contribution in [3.63, 3.8) is 0 Å². The molecular formula is C24H26N4O2. The Bertz CT molecular complexity index is 933. The summed E-state index contributed by atoms with van der Waals surface area (Å²) in [6, 6.07) is 18.8. The highest BCUT2D eigenvalue weighted by molar-refractivity contribution is 6.12. The van der Waals surface area contributed by atoms with Gasteiger partial charge in [-0.05, 0) is 48.5 Å². The molecule has 0 N–H and O–H groups in total. The number of aliphatic imine (C=N–C) groups is 2. The predicted octanol–water partition coefficient (Wildman–Crippen LogP) is 5.65. The van der Waals surface area contributed by atoms with E-state index >= 15 is 0 Å². The summed E-state index contributed by atoms with van der Waals surface area (Å²) < 4.78 is 10.3. The summed E-state index contributed by atoms with van der Waals surface area (Å²) in [7, 11) is 3.19. The quantitative estimate of drug-likeness (QED) is 0.560. The summed E-state index contributed by atoms with van der Waals surface area (Å²) in [6.07, 6.45) is 0. The maximum Gasteiger partial charge on any atom is 0.124 e. The van der Waals surface area contributed by atoms with Crippen molar-refractivity contribution in [2.24, 2.45) is 20.8 Å². The Hall–Kier alpha value is -3.64. The summed E-state index contributed by atoms with van der Waals surface area (Å²) in [6.45, 7) is 7.61. The molecule has 6 nitrogen and oxygen atoms in total. The van der Waals surface area contributed by atoms with Gasteiger partial charge >= 0.3 is 0 Å². The van der Waals surface area contributed by atoms with E-state index in [1.165, 1.54) is 0 Å². The van der Waals surface area contributed by atoms with E-state index in [2.05, 4.69) is 22.1 Å². The number of rotatable bonds is 7. The van der Waals surface area contributed by atoms with Gasteiger partial charge in [0.25, 0.3) is 0 Å². The minimum atomic E-state index is -0.761. The van der Waals surface area contributed by atoms with Crippen LogP contribution < -0.4 is 9.47 Å². The molecule has 6 heteroatoms. The van der Waals surface area contributed by atoms with Gasteiger partial charge in [0.05, 0.1) is 25.6 Å². The average Bonchev–Trinajstić information content (AvgIpc) is 2.76. The van der Waals surface area contributed by atoms with Crippen LogP contribution in [-0.2, 0) is 0 Å². The van der Waals surface area contributed by atoms with E-state index in [0.29, 0.717) is 34.3 Å². The van der Waals surface area contributed by atoms with Crippen molar-refractivity contribution in [1.29, 1.82) is 10.5 Å². The summed E-state index contributed by atoms with van der Waals surface area (Å²) in [5, 5.41) is 19.7. The van der Waals surface area contributed by atoms with Crippen LogP contribution in [0.25, 0.3) is 0 Å². The number of nitriles is 2. The Kier molecular flexibility index (Phi) is 6.97. The van der Waals surface area contributed by atoms with Gasteiger partial charge in [-0.2, -0.15) is 10.5 Å². The second-order valence-electron chi connectivity index (χ2n) is 7.79. The van der Waals surface area contributed by atoms with E-state index in [1.807, 2.05) is 27.7 Å². The van der Waals surface area contributed by atoms with Crippen molar-refractivity contribution < 1.29 is 9.47 Å². The van der Waals surface area contributed by atoms with E-state index in [4.69, 9.17) is 9.47 Å². The molecule has 154 valence electrons. The van der Waals surface area contributed by atoms with Gasteiger partial charge in [-0.1, -0.05) is 27.7 Å². The lowest BCUT2D eigenvalue weighted by Gasteiger charge is -2.39. The van der Waals surface area contributed by atoms with E-state index in [0.717, 1.165) is 0 Å². The molecule has 0 atom stereocenters. The van der Waals surface area contributed by atoms with Gasteiger partial charge in [0.1, 0.15) is 35.1 Å². The molecule has 0 aliphatic carbocycles. The largest absolute Gasteiger partial charge is 0.497 e. The van der Waals surface area contributed by atoms with Crippen LogP contribution >= 0.6 is 0 Å². The maximum absolute atomic E-state index is 9.85. The highest BCUT2D eigenvalue weighted by atomic mass is 16.5. The molecule has 0 aliphatic rings. The predicted molar refractivity (Wildman–Crippen MR) is 119 cm³/mol. The van der Waals surface area contributed by atoms with Crippen molar-refractivity contribution in [3.05, 3.63) is 48.5 Å². The van der Waals surface area contributed by atoms with Gasteiger partial charge in [0.2, 0.25) is 0 Å². The molecule has 30 heavy (non-hydrogen) atoms. The third-order valence-electron chi connectivity index (χ3n) is 5.58. The topological polar surface area (TPSA) is 90.8 Å². The fourth-order valence-electron chi connectivity index (χ4n) is 2.77. The van der Waals surface area contributed by atoms with Crippen molar-refractivity contribution >= 4 is 22.8 Å². The first kappa shape index (κ1) is 22.6. The smallest absolute Gasteiger partial charge is 0.124 e. The number of benzene rings is 2. The highest BCUT2D eigenvalue weighted by Gasteiger charge is 2.45. The van der Waals surface area contributed by atoms with Crippen molar-refractivity contribution in [2.45, 2.75) is 27.7 Å². The Morgan fingerprint density at radius 1 is 0.667 bits per heavy atom. The van der Waals surface area contributed by atoms with Crippen molar-refractivity contribution in [3.8, 4) is 23.6 Å². The van der Waals surface area contributed by atoms with Gasteiger partial charge in [-0.25, -0.2) is 9.98 Å². The molecule has 0 amide bonds. The normalized spacial score (nSPS) is 12.7. The lowest BCUT2D eigenvalue weighted by Crippen LogP contribution is -2.44. The minimum absolute atomic E-state index is 0.315. The number of hydrogen-bond donors (Lipinski definition) is 0. The van der Waals surface area contributed by atoms with Crippen LogP contribution in [0.1, 0.15) is 27.7 Å². The molecule has 0 unspecified atom stereocenters. The molecule has 0 spiro atoms. The molecule has 0 aromatic heterocycles. The number of ether oxygens (including phenoxy) is 2. The zero-order valence-corrected chi connectivity index (χ0v) is 18.2. The first-order chi connectivity index (χ1) is 14.2. The van der Waals surface area contributed by atoms with Crippen LogP contribution in [0.5, 0.6) is 11.5 Å². The fourth-order valence-corrected chi connectivity index (χ4v) is 2.77. The molecule has 2 aromatic carbocycles. The molecule has 2 rings (SSSR count). The summed E-state index contributed by atoms with van der Waals surface area (Å²) >= 11 is 0. The Morgan fingerprint density at radius 3 is 1.20 bits per heavy atom. The van der Waals surface area contributed by atoms with E-state index in [9.17, 15) is 10.5 Å². The second kappa shape index (κ2) is 9.24. The van der Waals surface area contributed by atoms with Gasteiger partial charge in [-0.3, -0.25) is 0 Å². The van der Waals surface area contributed by atoms with Crippen LogP contribution in [-0.4, -0.2) is 25.6 Å². The van der Waals surface area contributed by atoms with Gasteiger partial charge in [-0.15, -0.1) is 0 Å². The maximum atomic E-state index is 9.85. The monoisotopic (exact) mass is 402 g/mol. The molecule has 2 aromatic rings. The van der Waals surface area contributed by atoms with Crippen LogP contribution in [0.2, 0.25) is 0 Å². The number of hydrogen-bond acceptors (Lipinski definition) is 6. The summed E-state index contributed by atoms with van der Waals surface area (Å²) in [5.74, 6) is 1.43. The molecule has 0 saturated carbocycles. The summed E-state index contributed by atoms with van der Waals surface area (Å²) in [5.41, 5.74) is 0.389. The zero-order valence-electron chi connectivity index (χ0n) is 18.2. The summed E-state index contributed by atoms with van der Waals surface area (Å²) in [4.78, 5) is 9.11. The van der Waals surface area contributed by atoms with Crippen molar-refractivity contribution in [2.75, 3.05) is 14.2 Å². The molecule has 0 fully saturated rings. The first-order valence-electron chi connectivity index (χ1n) is 9.46. The van der Waals surface area contributed by atoms with E-state index < -0.39 is 10.8 Å². The lowest BCUT2D eigenvalue weighted by molar-refractivity contribution is 0.290. The zero-order chi connectivity index (χ0) is 22.4. The van der Waals surface area contributed by atoms with E-state index in [1.54, 1.807) is 62.8 Å². The van der Waals surface area contributed by atoms with E-state index in [-0.39, 0.29) is 0 Å². The average molecular weight is 402 g/mol. The number of methoxy groups -OCH3 is 2. The highest BCUT2D eigenvalue weighted by Crippen LogP contribution is 2.42. The molecule has 0 saturated heterocycles. The van der Waals surface area contributed by atoms with Crippen LogP contribution in [0.4, 0.5) is 11.4 Å². The SMILES string of the molecule is COc1ccc(N=C(C#N)C(C)(C)C(C)(C)C(C#N)=Nc2ccc(OC)cc2)cc1. The molecule has 0 bridgehead atoms. The van der Waals surface area contributed by atoms with Gasteiger partial charge < -0.3 is 9.47 Å². The first-order valence-corrected chi connectivity index (χ1v) is 9.46.